The second-order valence-electron chi connectivity index (χ2n) is 8.89. The number of piperidine rings is 1. The van der Waals surface area contributed by atoms with Gasteiger partial charge in [-0.05, 0) is 54.7 Å². The molecule has 1 N–H and O–H groups in total. The zero-order chi connectivity index (χ0) is 22.6. The molecule has 0 bridgehead atoms. The number of nitrogens with one attached hydrogen (secondary N) is 1. The topological polar surface area (TPSA) is 63.1 Å². The van der Waals surface area contributed by atoms with E-state index in [1.54, 1.807) is 0 Å². The van der Waals surface area contributed by atoms with E-state index in [9.17, 15) is 4.79 Å². The highest BCUT2D eigenvalue weighted by Crippen LogP contribution is 2.18. The lowest BCUT2D eigenvalue weighted by Gasteiger charge is -2.32. The standard InChI is InChI=1S/C27H29N5O/c1-20-7-5-6-10-23(20)19-32-26-12-11-22(17-25(26)29-30-32)27(33)28-24-13-15-31(16-14-24)18-21-8-3-2-4-9-21/h2-12,17,24H,13-16,18-19H2,1H3,(H,28,33). The molecule has 1 aromatic heterocycles. The number of hydrogen-bond donors (Lipinski definition) is 1. The van der Waals surface area contributed by atoms with Crippen molar-refractivity contribution < 1.29 is 4.79 Å². The third-order valence-electron chi connectivity index (χ3n) is 6.53. The van der Waals surface area contributed by atoms with Crippen LogP contribution in [0, 0.1) is 6.92 Å². The van der Waals surface area contributed by atoms with Gasteiger partial charge in [-0.2, -0.15) is 0 Å². The minimum atomic E-state index is -0.0353. The van der Waals surface area contributed by atoms with Gasteiger partial charge < -0.3 is 5.32 Å². The number of fused-ring (bicyclic) bond motifs is 1. The van der Waals surface area contributed by atoms with Gasteiger partial charge in [0.05, 0.1) is 12.1 Å². The fraction of sp³-hybridized carbons (Fsp3) is 0.296. The molecule has 4 aromatic rings. The molecule has 1 saturated heterocycles. The third-order valence-corrected chi connectivity index (χ3v) is 6.53. The van der Waals surface area contributed by atoms with Crippen molar-refractivity contribution in [2.45, 2.75) is 38.9 Å². The van der Waals surface area contributed by atoms with E-state index in [1.807, 2.05) is 41.1 Å². The molecule has 3 aromatic carbocycles. The minimum absolute atomic E-state index is 0.0353. The van der Waals surface area contributed by atoms with Crippen molar-refractivity contribution in [3.8, 4) is 0 Å². The molecule has 1 fully saturated rings. The molecule has 0 spiro atoms. The molecule has 1 aliphatic rings. The number of carbonyl (C=O) groups excluding carboxylic acids is 1. The summed E-state index contributed by atoms with van der Waals surface area (Å²) < 4.78 is 1.89. The van der Waals surface area contributed by atoms with E-state index >= 15 is 0 Å². The average molecular weight is 440 g/mol. The Bertz CT molecular complexity index is 1240. The molecular weight excluding hydrogens is 410 g/mol. The monoisotopic (exact) mass is 439 g/mol. The van der Waals surface area contributed by atoms with Crippen LogP contribution < -0.4 is 5.32 Å². The largest absolute Gasteiger partial charge is 0.349 e. The van der Waals surface area contributed by atoms with Gasteiger partial charge in [0.25, 0.3) is 5.91 Å². The lowest BCUT2D eigenvalue weighted by atomic mass is 10.0. The van der Waals surface area contributed by atoms with Gasteiger partial charge in [-0.3, -0.25) is 9.69 Å². The summed E-state index contributed by atoms with van der Waals surface area (Å²) in [6, 6.07) is 24.7. The van der Waals surface area contributed by atoms with Crippen molar-refractivity contribution >= 4 is 16.9 Å². The van der Waals surface area contributed by atoms with Crippen molar-refractivity contribution in [1.82, 2.24) is 25.2 Å². The average Bonchev–Trinajstić information content (AvgIpc) is 3.24. The number of likely N-dealkylation sites (tertiary alicyclic amines) is 1. The summed E-state index contributed by atoms with van der Waals surface area (Å²) in [6.07, 6.45) is 1.93. The Morgan fingerprint density at radius 2 is 1.73 bits per heavy atom. The second kappa shape index (κ2) is 9.55. The van der Waals surface area contributed by atoms with Crippen molar-refractivity contribution in [2.24, 2.45) is 0 Å². The number of aryl methyl sites for hydroxylation is 1. The van der Waals surface area contributed by atoms with Crippen LogP contribution in [0.25, 0.3) is 11.0 Å². The van der Waals surface area contributed by atoms with Gasteiger partial charge >= 0.3 is 0 Å². The minimum Gasteiger partial charge on any atom is -0.349 e. The third kappa shape index (κ3) is 4.96. The molecule has 0 saturated carbocycles. The SMILES string of the molecule is Cc1ccccc1Cn1nnc2cc(C(=O)NC3CCN(Cc4ccccc4)CC3)ccc21. The number of aromatic nitrogens is 3. The zero-order valence-electron chi connectivity index (χ0n) is 18.9. The molecule has 0 radical (unpaired) electrons. The van der Waals surface area contributed by atoms with E-state index in [-0.39, 0.29) is 11.9 Å². The van der Waals surface area contributed by atoms with Crippen molar-refractivity contribution in [2.75, 3.05) is 13.1 Å². The smallest absolute Gasteiger partial charge is 0.251 e. The number of rotatable bonds is 6. The molecule has 168 valence electrons. The molecule has 0 unspecified atom stereocenters. The van der Waals surface area contributed by atoms with Gasteiger partial charge in [0.1, 0.15) is 5.52 Å². The number of hydrogen-bond acceptors (Lipinski definition) is 4. The molecule has 2 heterocycles. The number of amides is 1. The molecule has 6 heteroatoms. The Kier molecular flexibility index (Phi) is 6.17. The van der Waals surface area contributed by atoms with Crippen molar-refractivity contribution in [3.63, 3.8) is 0 Å². The predicted molar refractivity (Wildman–Crippen MR) is 130 cm³/mol. The van der Waals surface area contributed by atoms with E-state index in [0.29, 0.717) is 12.1 Å². The summed E-state index contributed by atoms with van der Waals surface area (Å²) in [4.78, 5) is 15.3. The van der Waals surface area contributed by atoms with Crippen LogP contribution in [0.15, 0.2) is 72.8 Å². The molecule has 6 nitrogen and oxygen atoms in total. The Balaban J connectivity index is 1.19. The Morgan fingerprint density at radius 1 is 0.970 bits per heavy atom. The molecule has 33 heavy (non-hydrogen) atoms. The van der Waals surface area contributed by atoms with Gasteiger partial charge in [0, 0.05) is 31.2 Å². The van der Waals surface area contributed by atoms with E-state index in [2.05, 4.69) is 63.9 Å². The summed E-state index contributed by atoms with van der Waals surface area (Å²) in [5.74, 6) is -0.0353. The van der Waals surface area contributed by atoms with E-state index in [1.165, 1.54) is 16.7 Å². The highest BCUT2D eigenvalue weighted by atomic mass is 16.1. The van der Waals surface area contributed by atoms with E-state index in [0.717, 1.165) is 43.5 Å². The van der Waals surface area contributed by atoms with Gasteiger partial charge in [-0.1, -0.05) is 59.8 Å². The quantitative estimate of drug-likeness (QED) is 0.490. The van der Waals surface area contributed by atoms with E-state index in [4.69, 9.17) is 0 Å². The van der Waals surface area contributed by atoms with Gasteiger partial charge in [0.2, 0.25) is 0 Å². The number of carbonyl (C=O) groups is 1. The molecule has 1 amide bonds. The summed E-state index contributed by atoms with van der Waals surface area (Å²) in [7, 11) is 0. The highest BCUT2D eigenvalue weighted by molar-refractivity contribution is 5.97. The maximum Gasteiger partial charge on any atom is 0.251 e. The molecule has 0 aliphatic carbocycles. The van der Waals surface area contributed by atoms with Crippen LogP contribution >= 0.6 is 0 Å². The summed E-state index contributed by atoms with van der Waals surface area (Å²) in [6.45, 7) is 5.72. The van der Waals surface area contributed by atoms with Crippen LogP contribution in [-0.4, -0.2) is 44.9 Å². The molecule has 5 rings (SSSR count). The molecule has 1 aliphatic heterocycles. The first-order valence-corrected chi connectivity index (χ1v) is 11.6. The van der Waals surface area contributed by atoms with Crippen molar-refractivity contribution in [3.05, 3.63) is 95.1 Å². The maximum atomic E-state index is 12.9. The zero-order valence-corrected chi connectivity index (χ0v) is 18.9. The Morgan fingerprint density at radius 3 is 2.52 bits per heavy atom. The lowest BCUT2D eigenvalue weighted by molar-refractivity contribution is 0.0909. The predicted octanol–water partition coefficient (Wildman–Crippen LogP) is 4.18. The van der Waals surface area contributed by atoms with Gasteiger partial charge in [-0.25, -0.2) is 4.68 Å². The Hall–Kier alpha value is -3.51. The van der Waals surface area contributed by atoms with Gasteiger partial charge in [-0.15, -0.1) is 5.10 Å². The number of nitrogens with zero attached hydrogens (tertiary/aromatic N) is 4. The van der Waals surface area contributed by atoms with Crippen LogP contribution in [0.1, 0.15) is 39.9 Å². The van der Waals surface area contributed by atoms with Crippen LogP contribution in [0.2, 0.25) is 0 Å². The highest BCUT2D eigenvalue weighted by Gasteiger charge is 2.21. The van der Waals surface area contributed by atoms with E-state index < -0.39 is 0 Å². The summed E-state index contributed by atoms with van der Waals surface area (Å²) >= 11 is 0. The first-order chi connectivity index (χ1) is 16.2. The summed E-state index contributed by atoms with van der Waals surface area (Å²) in [5.41, 5.74) is 6.09. The van der Waals surface area contributed by atoms with Gasteiger partial charge in [0.15, 0.2) is 0 Å². The normalized spacial score (nSPS) is 15.1. The fourth-order valence-electron chi connectivity index (χ4n) is 4.52. The fourth-order valence-corrected chi connectivity index (χ4v) is 4.52. The second-order valence-corrected chi connectivity index (χ2v) is 8.89. The van der Waals surface area contributed by atoms with Crippen LogP contribution in [-0.2, 0) is 13.1 Å². The van der Waals surface area contributed by atoms with Crippen LogP contribution in [0.4, 0.5) is 0 Å². The van der Waals surface area contributed by atoms with Crippen LogP contribution in [0.3, 0.4) is 0 Å². The molecule has 0 atom stereocenters. The first kappa shape index (κ1) is 21.3. The Labute approximate surface area is 194 Å². The summed E-state index contributed by atoms with van der Waals surface area (Å²) in [5, 5.41) is 11.8. The molecular formula is C27H29N5O. The van der Waals surface area contributed by atoms with Crippen LogP contribution in [0.5, 0.6) is 0 Å². The maximum absolute atomic E-state index is 12.9. The number of benzene rings is 3. The lowest BCUT2D eigenvalue weighted by Crippen LogP contribution is -2.44. The van der Waals surface area contributed by atoms with Crippen molar-refractivity contribution in [1.29, 1.82) is 0 Å². The first-order valence-electron chi connectivity index (χ1n) is 11.6.